The molecule has 4 unspecified atom stereocenters. The van der Waals surface area contributed by atoms with Gasteiger partial charge in [0.1, 0.15) is 0 Å². The maximum atomic E-state index is 12.1. The van der Waals surface area contributed by atoms with E-state index < -0.39 is 11.4 Å². The number of hydrogen-bond acceptors (Lipinski definition) is 3. The highest BCUT2D eigenvalue weighted by Crippen LogP contribution is 2.38. The van der Waals surface area contributed by atoms with Gasteiger partial charge >= 0.3 is 12.0 Å². The second-order valence-electron chi connectivity index (χ2n) is 6.84. The molecule has 3 N–H and O–H groups in total. The topological polar surface area (TPSA) is 81.7 Å². The van der Waals surface area contributed by atoms with Crippen molar-refractivity contribution >= 4 is 12.0 Å². The third-order valence-electron chi connectivity index (χ3n) is 5.30. The first-order valence-electron chi connectivity index (χ1n) is 7.83. The highest BCUT2D eigenvalue weighted by molar-refractivity contribution is 5.79. The predicted octanol–water partition coefficient (Wildman–Crippen LogP) is 1.41. The fraction of sp³-hybridized carbons (Fsp3) is 0.867. The van der Waals surface area contributed by atoms with E-state index in [4.69, 9.17) is 0 Å². The lowest BCUT2D eigenvalue weighted by atomic mass is 9.85. The number of carboxylic acids is 1. The summed E-state index contributed by atoms with van der Waals surface area (Å²) in [5.74, 6) is -0.821. The Labute approximate surface area is 126 Å². The van der Waals surface area contributed by atoms with Crippen LogP contribution in [0.2, 0.25) is 0 Å². The average molecular weight is 297 g/mol. The molecule has 0 bridgehead atoms. The Morgan fingerprint density at radius 3 is 2.62 bits per heavy atom. The van der Waals surface area contributed by atoms with Crippen molar-refractivity contribution in [3.8, 4) is 0 Å². The molecule has 1 heterocycles. The lowest BCUT2D eigenvalue weighted by Gasteiger charge is -2.36. The quantitative estimate of drug-likeness (QED) is 0.735. The zero-order chi connectivity index (χ0) is 15.6. The molecule has 1 aliphatic carbocycles. The molecular weight excluding hydrogens is 270 g/mol. The average Bonchev–Trinajstić information content (AvgIpc) is 2.77. The number of nitrogens with one attached hydrogen (secondary N) is 2. The number of aliphatic carboxylic acids is 1. The van der Waals surface area contributed by atoms with E-state index in [1.165, 1.54) is 0 Å². The molecule has 0 aromatic rings. The van der Waals surface area contributed by atoms with Crippen LogP contribution >= 0.6 is 0 Å². The Morgan fingerprint density at radius 1 is 1.29 bits per heavy atom. The van der Waals surface area contributed by atoms with Crippen LogP contribution in [0.5, 0.6) is 0 Å². The molecule has 1 saturated heterocycles. The number of carbonyl (C=O) groups excluding carboxylic acids is 1. The molecule has 2 rings (SSSR count). The number of urea groups is 1. The van der Waals surface area contributed by atoms with Gasteiger partial charge in [-0.1, -0.05) is 6.42 Å². The first-order chi connectivity index (χ1) is 9.83. The van der Waals surface area contributed by atoms with Gasteiger partial charge in [0.05, 0.1) is 5.41 Å². The fourth-order valence-corrected chi connectivity index (χ4v) is 3.46. The van der Waals surface area contributed by atoms with E-state index in [2.05, 4.69) is 29.5 Å². The van der Waals surface area contributed by atoms with Crippen LogP contribution in [0.15, 0.2) is 0 Å². The Hall–Kier alpha value is -1.30. The van der Waals surface area contributed by atoms with Crippen molar-refractivity contribution in [3.63, 3.8) is 0 Å². The minimum Gasteiger partial charge on any atom is -0.481 e. The SMILES string of the molecule is CC1CC(NC(=O)NC2CCCC2(C)C(=O)O)CCN1C. The minimum atomic E-state index is -0.836. The molecule has 21 heavy (non-hydrogen) atoms. The molecule has 2 aliphatic rings. The maximum absolute atomic E-state index is 12.1. The number of carboxylic acid groups (broad SMARTS) is 1. The van der Waals surface area contributed by atoms with Gasteiger partial charge in [-0.3, -0.25) is 4.79 Å². The number of hydrogen-bond donors (Lipinski definition) is 3. The Morgan fingerprint density at radius 2 is 2.00 bits per heavy atom. The Balaban J connectivity index is 1.86. The molecule has 1 aliphatic heterocycles. The molecule has 0 aromatic carbocycles. The standard InChI is InChI=1S/C15H27N3O3/c1-10-9-11(6-8-18(10)3)16-14(21)17-12-5-4-7-15(12,2)13(19)20/h10-12H,4-9H2,1-3H3,(H,19,20)(H2,16,17,21). The van der Waals surface area contributed by atoms with E-state index in [9.17, 15) is 14.7 Å². The van der Waals surface area contributed by atoms with Gasteiger partial charge in [0.2, 0.25) is 0 Å². The lowest BCUT2D eigenvalue weighted by molar-refractivity contribution is -0.148. The van der Waals surface area contributed by atoms with Gasteiger partial charge in [-0.25, -0.2) is 4.79 Å². The largest absolute Gasteiger partial charge is 0.481 e. The van der Waals surface area contributed by atoms with Crippen LogP contribution in [-0.2, 0) is 4.79 Å². The predicted molar refractivity (Wildman–Crippen MR) is 80.2 cm³/mol. The van der Waals surface area contributed by atoms with Crippen LogP contribution in [0, 0.1) is 5.41 Å². The molecule has 0 aromatic heterocycles. The lowest BCUT2D eigenvalue weighted by Crippen LogP contribution is -2.54. The number of rotatable bonds is 3. The summed E-state index contributed by atoms with van der Waals surface area (Å²) < 4.78 is 0. The minimum absolute atomic E-state index is 0.175. The first-order valence-corrected chi connectivity index (χ1v) is 7.83. The summed E-state index contributed by atoms with van der Waals surface area (Å²) in [7, 11) is 2.10. The Bertz CT molecular complexity index is 415. The first kappa shape index (κ1) is 16.1. The van der Waals surface area contributed by atoms with E-state index >= 15 is 0 Å². The summed E-state index contributed by atoms with van der Waals surface area (Å²) in [6, 6.07) is 0.128. The molecule has 120 valence electrons. The van der Waals surface area contributed by atoms with Gasteiger partial charge in [-0.15, -0.1) is 0 Å². The van der Waals surface area contributed by atoms with E-state index in [0.29, 0.717) is 12.5 Å². The molecule has 2 amide bonds. The van der Waals surface area contributed by atoms with Crippen molar-refractivity contribution in [2.45, 2.75) is 64.1 Å². The number of nitrogens with zero attached hydrogens (tertiary/aromatic N) is 1. The third kappa shape index (κ3) is 3.48. The molecule has 0 spiro atoms. The zero-order valence-corrected chi connectivity index (χ0v) is 13.2. The maximum Gasteiger partial charge on any atom is 0.315 e. The van der Waals surface area contributed by atoms with Crippen molar-refractivity contribution in [2.75, 3.05) is 13.6 Å². The van der Waals surface area contributed by atoms with Crippen molar-refractivity contribution in [1.29, 1.82) is 0 Å². The second-order valence-corrected chi connectivity index (χ2v) is 6.84. The highest BCUT2D eigenvalue weighted by atomic mass is 16.4. The second kappa shape index (κ2) is 6.22. The van der Waals surface area contributed by atoms with Gasteiger partial charge in [0, 0.05) is 24.7 Å². The van der Waals surface area contributed by atoms with E-state index in [0.717, 1.165) is 32.2 Å². The normalized spacial score (nSPS) is 37.2. The molecule has 6 heteroatoms. The molecule has 1 saturated carbocycles. The van der Waals surface area contributed by atoms with Crippen LogP contribution in [0.4, 0.5) is 4.79 Å². The number of piperidine rings is 1. The molecule has 4 atom stereocenters. The van der Waals surface area contributed by atoms with Crippen molar-refractivity contribution in [1.82, 2.24) is 15.5 Å². The van der Waals surface area contributed by atoms with Gasteiger partial charge in [0.25, 0.3) is 0 Å². The number of amides is 2. The third-order valence-corrected chi connectivity index (χ3v) is 5.30. The summed E-state index contributed by atoms with van der Waals surface area (Å²) in [6.45, 7) is 4.86. The Kier molecular flexibility index (Phi) is 4.76. The number of carbonyl (C=O) groups is 2. The molecule has 2 fully saturated rings. The summed E-state index contributed by atoms with van der Waals surface area (Å²) in [5, 5.41) is 15.2. The van der Waals surface area contributed by atoms with Crippen LogP contribution in [0.25, 0.3) is 0 Å². The van der Waals surface area contributed by atoms with Crippen molar-refractivity contribution in [2.24, 2.45) is 5.41 Å². The van der Waals surface area contributed by atoms with Crippen LogP contribution in [-0.4, -0.2) is 53.7 Å². The van der Waals surface area contributed by atoms with Gasteiger partial charge < -0.3 is 20.6 Å². The summed E-state index contributed by atoms with van der Waals surface area (Å²) >= 11 is 0. The van der Waals surface area contributed by atoms with E-state index in [1.807, 2.05) is 0 Å². The molecular formula is C15H27N3O3. The van der Waals surface area contributed by atoms with Gasteiger partial charge in [-0.2, -0.15) is 0 Å². The summed E-state index contributed by atoms with van der Waals surface area (Å²) in [4.78, 5) is 25.8. The van der Waals surface area contributed by atoms with E-state index in [1.54, 1.807) is 6.92 Å². The summed E-state index contributed by atoms with van der Waals surface area (Å²) in [6.07, 6.45) is 4.08. The van der Waals surface area contributed by atoms with Crippen molar-refractivity contribution in [3.05, 3.63) is 0 Å². The van der Waals surface area contributed by atoms with Crippen LogP contribution < -0.4 is 10.6 Å². The van der Waals surface area contributed by atoms with Crippen LogP contribution in [0.1, 0.15) is 46.0 Å². The van der Waals surface area contributed by atoms with Gasteiger partial charge in [0.15, 0.2) is 0 Å². The number of likely N-dealkylation sites (tertiary alicyclic amines) is 1. The smallest absolute Gasteiger partial charge is 0.315 e. The molecule has 6 nitrogen and oxygen atoms in total. The molecule has 0 radical (unpaired) electrons. The fourth-order valence-electron chi connectivity index (χ4n) is 3.46. The van der Waals surface area contributed by atoms with Gasteiger partial charge in [-0.05, 0) is 46.6 Å². The summed E-state index contributed by atoms with van der Waals surface area (Å²) in [5.41, 5.74) is -0.836. The van der Waals surface area contributed by atoms with E-state index in [-0.39, 0.29) is 18.1 Å². The zero-order valence-electron chi connectivity index (χ0n) is 13.2. The van der Waals surface area contributed by atoms with Crippen LogP contribution in [0.3, 0.4) is 0 Å². The van der Waals surface area contributed by atoms with Crippen molar-refractivity contribution < 1.29 is 14.7 Å². The highest BCUT2D eigenvalue weighted by Gasteiger charge is 2.46. The monoisotopic (exact) mass is 297 g/mol.